The molecular formula is C20H24N6O2. The second-order valence-electron chi connectivity index (χ2n) is 7.30. The fourth-order valence-corrected chi connectivity index (χ4v) is 3.41. The van der Waals surface area contributed by atoms with E-state index in [0.717, 1.165) is 37.2 Å². The Kier molecular flexibility index (Phi) is 4.93. The quantitative estimate of drug-likeness (QED) is 0.691. The molecule has 1 aliphatic rings. The molecule has 146 valence electrons. The van der Waals surface area contributed by atoms with Crippen molar-refractivity contribution in [1.29, 1.82) is 0 Å². The van der Waals surface area contributed by atoms with Gasteiger partial charge in [-0.3, -0.25) is 4.79 Å². The van der Waals surface area contributed by atoms with Gasteiger partial charge in [-0.25, -0.2) is 9.67 Å². The van der Waals surface area contributed by atoms with Gasteiger partial charge in [0, 0.05) is 31.3 Å². The summed E-state index contributed by atoms with van der Waals surface area (Å²) in [6.45, 7) is 7.70. The molecule has 0 N–H and O–H groups in total. The van der Waals surface area contributed by atoms with Crippen molar-refractivity contribution in [2.75, 3.05) is 13.1 Å². The largest absolute Gasteiger partial charge is 0.339 e. The SMILES string of the molecule is CCc1noc(-c2ccnc(-n3ncc(C(=O)N4CCC(C)CC4)c3C)c2)n1. The number of aryl methyl sites for hydroxylation is 1. The molecule has 0 unspecified atom stereocenters. The maximum absolute atomic E-state index is 12.9. The highest BCUT2D eigenvalue weighted by Crippen LogP contribution is 2.23. The molecule has 0 radical (unpaired) electrons. The van der Waals surface area contributed by atoms with Crippen LogP contribution in [0.3, 0.4) is 0 Å². The predicted molar refractivity (Wildman–Crippen MR) is 103 cm³/mol. The number of carbonyl (C=O) groups is 1. The standard InChI is InChI=1S/C20H24N6O2/c1-4-17-23-19(28-24-17)15-5-8-21-18(11-15)26-14(3)16(12-22-26)20(27)25-9-6-13(2)7-10-25/h5,8,11-13H,4,6-7,9-10H2,1-3H3. The van der Waals surface area contributed by atoms with Crippen molar-refractivity contribution in [3.63, 3.8) is 0 Å². The van der Waals surface area contributed by atoms with Gasteiger partial charge < -0.3 is 9.42 Å². The molecule has 3 aromatic heterocycles. The molecule has 1 aliphatic heterocycles. The zero-order chi connectivity index (χ0) is 19.7. The number of rotatable bonds is 4. The molecule has 0 aliphatic carbocycles. The van der Waals surface area contributed by atoms with E-state index in [1.54, 1.807) is 17.1 Å². The molecular weight excluding hydrogens is 356 g/mol. The third-order valence-electron chi connectivity index (χ3n) is 5.30. The van der Waals surface area contributed by atoms with Crippen molar-refractivity contribution in [3.8, 4) is 17.3 Å². The van der Waals surface area contributed by atoms with Crippen LogP contribution < -0.4 is 0 Å². The number of carbonyl (C=O) groups excluding carboxylic acids is 1. The molecule has 0 saturated carbocycles. The van der Waals surface area contributed by atoms with Gasteiger partial charge in [0.2, 0.25) is 0 Å². The Hall–Kier alpha value is -3.03. The molecule has 0 bridgehead atoms. The predicted octanol–water partition coefficient (Wildman–Crippen LogP) is 3.06. The fraction of sp³-hybridized carbons (Fsp3) is 0.450. The van der Waals surface area contributed by atoms with Crippen LogP contribution in [0, 0.1) is 12.8 Å². The minimum absolute atomic E-state index is 0.0382. The second-order valence-corrected chi connectivity index (χ2v) is 7.30. The van der Waals surface area contributed by atoms with Crippen LogP contribution in [-0.2, 0) is 6.42 Å². The maximum atomic E-state index is 12.9. The minimum atomic E-state index is 0.0382. The Morgan fingerprint density at radius 1 is 1.32 bits per heavy atom. The first-order valence-corrected chi connectivity index (χ1v) is 9.70. The van der Waals surface area contributed by atoms with Gasteiger partial charge in [0.25, 0.3) is 11.8 Å². The van der Waals surface area contributed by atoms with Gasteiger partial charge in [-0.15, -0.1) is 0 Å². The highest BCUT2D eigenvalue weighted by atomic mass is 16.5. The van der Waals surface area contributed by atoms with Crippen molar-refractivity contribution in [3.05, 3.63) is 41.6 Å². The van der Waals surface area contributed by atoms with E-state index in [0.29, 0.717) is 35.4 Å². The van der Waals surface area contributed by atoms with E-state index < -0.39 is 0 Å². The molecule has 1 saturated heterocycles. The van der Waals surface area contributed by atoms with Gasteiger partial charge in [0.15, 0.2) is 11.6 Å². The van der Waals surface area contributed by atoms with Crippen molar-refractivity contribution in [1.82, 2.24) is 29.8 Å². The van der Waals surface area contributed by atoms with Gasteiger partial charge in [-0.1, -0.05) is 19.0 Å². The lowest BCUT2D eigenvalue weighted by Gasteiger charge is -2.30. The summed E-state index contributed by atoms with van der Waals surface area (Å²) in [6, 6.07) is 3.65. The molecule has 0 aromatic carbocycles. The highest BCUT2D eigenvalue weighted by Gasteiger charge is 2.25. The van der Waals surface area contributed by atoms with E-state index in [2.05, 4.69) is 27.1 Å². The third kappa shape index (κ3) is 3.42. The number of hydrogen-bond acceptors (Lipinski definition) is 6. The zero-order valence-corrected chi connectivity index (χ0v) is 16.4. The summed E-state index contributed by atoms with van der Waals surface area (Å²) in [7, 11) is 0. The maximum Gasteiger partial charge on any atom is 0.258 e. The summed E-state index contributed by atoms with van der Waals surface area (Å²) in [4.78, 5) is 23.6. The lowest BCUT2D eigenvalue weighted by molar-refractivity contribution is 0.0696. The van der Waals surface area contributed by atoms with Gasteiger partial charge in [0.1, 0.15) is 0 Å². The summed E-state index contributed by atoms with van der Waals surface area (Å²) < 4.78 is 7.00. The van der Waals surface area contributed by atoms with E-state index in [1.165, 1.54) is 0 Å². The molecule has 0 atom stereocenters. The molecule has 8 heteroatoms. The molecule has 8 nitrogen and oxygen atoms in total. The minimum Gasteiger partial charge on any atom is -0.339 e. The monoisotopic (exact) mass is 380 g/mol. The highest BCUT2D eigenvalue weighted by molar-refractivity contribution is 5.95. The van der Waals surface area contributed by atoms with Crippen molar-refractivity contribution in [2.45, 2.75) is 40.0 Å². The van der Waals surface area contributed by atoms with Crippen LogP contribution in [0.5, 0.6) is 0 Å². The number of likely N-dealkylation sites (tertiary alicyclic amines) is 1. The van der Waals surface area contributed by atoms with Gasteiger partial charge in [0.05, 0.1) is 17.5 Å². The van der Waals surface area contributed by atoms with Crippen LogP contribution in [0.4, 0.5) is 0 Å². The summed E-state index contributed by atoms with van der Waals surface area (Å²) in [6.07, 6.45) is 6.11. The van der Waals surface area contributed by atoms with Crippen molar-refractivity contribution in [2.24, 2.45) is 5.92 Å². The normalized spacial score (nSPS) is 15.2. The number of pyridine rings is 1. The Morgan fingerprint density at radius 3 is 2.82 bits per heavy atom. The van der Waals surface area contributed by atoms with Gasteiger partial charge >= 0.3 is 0 Å². The second kappa shape index (κ2) is 7.53. The van der Waals surface area contributed by atoms with Crippen LogP contribution in [0.15, 0.2) is 29.0 Å². The van der Waals surface area contributed by atoms with Crippen LogP contribution in [0.1, 0.15) is 48.6 Å². The Morgan fingerprint density at radius 2 is 2.11 bits per heavy atom. The summed E-state index contributed by atoms with van der Waals surface area (Å²) in [5.74, 6) is 2.43. The zero-order valence-electron chi connectivity index (χ0n) is 16.4. The Bertz CT molecular complexity index is 984. The molecule has 4 heterocycles. The average molecular weight is 380 g/mol. The summed E-state index contributed by atoms with van der Waals surface area (Å²) >= 11 is 0. The lowest BCUT2D eigenvalue weighted by Crippen LogP contribution is -2.38. The molecule has 3 aromatic rings. The first kappa shape index (κ1) is 18.3. The molecule has 28 heavy (non-hydrogen) atoms. The number of piperidine rings is 1. The Labute approximate surface area is 163 Å². The topological polar surface area (TPSA) is 89.9 Å². The third-order valence-corrected chi connectivity index (χ3v) is 5.30. The van der Waals surface area contributed by atoms with E-state index in [4.69, 9.17) is 4.52 Å². The van der Waals surface area contributed by atoms with Gasteiger partial charge in [-0.05, 0) is 37.8 Å². The molecule has 1 amide bonds. The van der Waals surface area contributed by atoms with E-state index >= 15 is 0 Å². The lowest BCUT2D eigenvalue weighted by atomic mass is 9.99. The van der Waals surface area contributed by atoms with E-state index in [9.17, 15) is 4.79 Å². The molecule has 1 fully saturated rings. The summed E-state index contributed by atoms with van der Waals surface area (Å²) in [5.41, 5.74) is 2.16. The van der Waals surface area contributed by atoms with Crippen LogP contribution in [0.2, 0.25) is 0 Å². The first-order valence-electron chi connectivity index (χ1n) is 9.70. The van der Waals surface area contributed by atoms with Crippen molar-refractivity contribution < 1.29 is 9.32 Å². The van der Waals surface area contributed by atoms with Crippen LogP contribution in [0.25, 0.3) is 17.3 Å². The fourth-order valence-electron chi connectivity index (χ4n) is 3.41. The van der Waals surface area contributed by atoms with Gasteiger partial charge in [-0.2, -0.15) is 10.1 Å². The molecule has 0 spiro atoms. The average Bonchev–Trinajstić information content (AvgIpc) is 3.35. The van der Waals surface area contributed by atoms with Crippen LogP contribution >= 0.6 is 0 Å². The smallest absolute Gasteiger partial charge is 0.258 e. The number of nitrogens with zero attached hydrogens (tertiary/aromatic N) is 6. The van der Waals surface area contributed by atoms with E-state index in [-0.39, 0.29) is 5.91 Å². The molecule has 4 rings (SSSR count). The van der Waals surface area contributed by atoms with Crippen molar-refractivity contribution >= 4 is 5.91 Å². The van der Waals surface area contributed by atoms with E-state index in [1.807, 2.05) is 30.9 Å². The number of hydrogen-bond donors (Lipinski definition) is 0. The van der Waals surface area contributed by atoms with Crippen LogP contribution in [-0.4, -0.2) is 48.8 Å². The summed E-state index contributed by atoms with van der Waals surface area (Å²) in [5, 5.41) is 8.35. The first-order chi connectivity index (χ1) is 13.6. The number of amides is 1. The number of aromatic nitrogens is 5. The Balaban J connectivity index is 1.60.